The van der Waals surface area contributed by atoms with Gasteiger partial charge in [0.05, 0.1) is 6.61 Å². The molecular weight excluding hydrogens is 235 g/mol. The van der Waals surface area contributed by atoms with Gasteiger partial charge in [-0.3, -0.25) is 4.79 Å². The van der Waals surface area contributed by atoms with Crippen LogP contribution in [0.15, 0.2) is 48.6 Å². The fourth-order valence-electron chi connectivity index (χ4n) is 1.18. The van der Waals surface area contributed by atoms with Crippen LogP contribution in [-0.2, 0) is 9.53 Å². The largest absolute Gasteiger partial charge is 0.463 e. The molecule has 1 aromatic rings. The third-order valence-corrected chi connectivity index (χ3v) is 2.01. The number of allylic oxidation sites excluding steroid dienone is 3. The molecule has 4 heteroatoms. The van der Waals surface area contributed by atoms with E-state index in [2.05, 4.69) is 4.74 Å². The third kappa shape index (κ3) is 4.74. The molecule has 0 radical (unpaired) electrons. The van der Waals surface area contributed by atoms with Crippen LogP contribution in [0, 0.1) is 5.82 Å². The van der Waals surface area contributed by atoms with Gasteiger partial charge in [0, 0.05) is 11.6 Å². The predicted octanol–water partition coefficient (Wildman–Crippen LogP) is 2.68. The molecule has 0 bridgehead atoms. The second-order valence-corrected chi connectivity index (χ2v) is 3.34. The van der Waals surface area contributed by atoms with Crippen LogP contribution in [0.25, 0.3) is 0 Å². The van der Waals surface area contributed by atoms with Gasteiger partial charge in [0.1, 0.15) is 5.82 Å². The maximum atomic E-state index is 12.6. The zero-order valence-electron chi connectivity index (χ0n) is 9.93. The Bertz CT molecular complexity index is 472. The number of ketones is 1. The number of ether oxygens (including phenoxy) is 1. The normalized spacial score (nSPS) is 11.0. The molecule has 0 fully saturated rings. The van der Waals surface area contributed by atoms with Crippen molar-refractivity contribution in [1.82, 2.24) is 0 Å². The predicted molar refractivity (Wildman–Crippen MR) is 65.6 cm³/mol. The SMILES string of the molecule is CCOC(=O)/C=C/C=C/C(=O)c1ccc(F)cc1. The molecule has 0 heterocycles. The van der Waals surface area contributed by atoms with Gasteiger partial charge in [0.25, 0.3) is 0 Å². The first-order chi connectivity index (χ1) is 8.63. The monoisotopic (exact) mass is 248 g/mol. The molecule has 18 heavy (non-hydrogen) atoms. The van der Waals surface area contributed by atoms with E-state index >= 15 is 0 Å². The molecule has 3 nitrogen and oxygen atoms in total. The van der Waals surface area contributed by atoms with Crippen molar-refractivity contribution in [2.45, 2.75) is 6.92 Å². The molecule has 0 aliphatic carbocycles. The van der Waals surface area contributed by atoms with Crippen LogP contribution in [-0.4, -0.2) is 18.4 Å². The van der Waals surface area contributed by atoms with E-state index in [4.69, 9.17) is 0 Å². The van der Waals surface area contributed by atoms with Crippen LogP contribution in [0.3, 0.4) is 0 Å². The average molecular weight is 248 g/mol. The van der Waals surface area contributed by atoms with Crippen LogP contribution < -0.4 is 0 Å². The van der Waals surface area contributed by atoms with Gasteiger partial charge in [-0.15, -0.1) is 0 Å². The second-order valence-electron chi connectivity index (χ2n) is 3.34. The lowest BCUT2D eigenvalue weighted by Crippen LogP contribution is -1.98. The highest BCUT2D eigenvalue weighted by Gasteiger charge is 2.00. The van der Waals surface area contributed by atoms with Crippen molar-refractivity contribution in [3.8, 4) is 0 Å². The summed E-state index contributed by atoms with van der Waals surface area (Å²) in [4.78, 5) is 22.5. The quantitative estimate of drug-likeness (QED) is 0.348. The van der Waals surface area contributed by atoms with Crippen molar-refractivity contribution >= 4 is 11.8 Å². The zero-order valence-corrected chi connectivity index (χ0v) is 9.93. The lowest BCUT2D eigenvalue weighted by Gasteiger charge is -1.94. The first-order valence-corrected chi connectivity index (χ1v) is 5.45. The zero-order chi connectivity index (χ0) is 13.4. The van der Waals surface area contributed by atoms with Crippen molar-refractivity contribution in [3.63, 3.8) is 0 Å². The lowest BCUT2D eigenvalue weighted by molar-refractivity contribution is -0.137. The maximum absolute atomic E-state index is 12.6. The minimum atomic E-state index is -0.462. The number of esters is 1. The molecule has 1 rings (SSSR count). The summed E-state index contributed by atoms with van der Waals surface area (Å²) in [6, 6.07) is 5.24. The molecule has 0 unspecified atom stereocenters. The number of rotatable bonds is 5. The summed E-state index contributed by atoms with van der Waals surface area (Å²) in [7, 11) is 0. The molecule has 0 N–H and O–H groups in total. The standard InChI is InChI=1S/C14H13FO3/c1-2-18-14(17)6-4-3-5-13(16)11-7-9-12(15)10-8-11/h3-10H,2H2,1H3/b5-3+,6-4+. The summed E-state index contributed by atoms with van der Waals surface area (Å²) in [6.07, 6.45) is 5.36. The molecule has 0 aliphatic heterocycles. The van der Waals surface area contributed by atoms with Crippen molar-refractivity contribution in [3.05, 3.63) is 60.0 Å². The van der Waals surface area contributed by atoms with E-state index in [1.807, 2.05) is 0 Å². The highest BCUT2D eigenvalue weighted by atomic mass is 19.1. The van der Waals surface area contributed by atoms with Gasteiger partial charge in [0.15, 0.2) is 5.78 Å². The molecule has 94 valence electrons. The van der Waals surface area contributed by atoms with Gasteiger partial charge in [-0.2, -0.15) is 0 Å². The van der Waals surface area contributed by atoms with Gasteiger partial charge in [-0.25, -0.2) is 9.18 Å². The van der Waals surface area contributed by atoms with Crippen LogP contribution in [0.5, 0.6) is 0 Å². The van der Waals surface area contributed by atoms with Crippen molar-refractivity contribution < 1.29 is 18.7 Å². The number of halogens is 1. The van der Waals surface area contributed by atoms with E-state index in [1.165, 1.54) is 48.6 Å². The Morgan fingerprint density at radius 3 is 2.39 bits per heavy atom. The molecular formula is C14H13FO3. The summed E-state index contributed by atoms with van der Waals surface area (Å²) in [5.41, 5.74) is 0.386. The molecule has 0 spiro atoms. The van der Waals surface area contributed by atoms with Crippen molar-refractivity contribution in [2.24, 2.45) is 0 Å². The maximum Gasteiger partial charge on any atom is 0.330 e. The Morgan fingerprint density at radius 2 is 1.78 bits per heavy atom. The third-order valence-electron chi connectivity index (χ3n) is 2.01. The Hall–Kier alpha value is -2.23. The summed E-state index contributed by atoms with van der Waals surface area (Å²) >= 11 is 0. The average Bonchev–Trinajstić information content (AvgIpc) is 2.35. The van der Waals surface area contributed by atoms with E-state index in [0.29, 0.717) is 12.2 Å². The van der Waals surface area contributed by atoms with E-state index in [9.17, 15) is 14.0 Å². The van der Waals surface area contributed by atoms with Crippen molar-refractivity contribution in [2.75, 3.05) is 6.61 Å². The van der Waals surface area contributed by atoms with E-state index in [-0.39, 0.29) is 5.78 Å². The van der Waals surface area contributed by atoms with E-state index in [1.54, 1.807) is 6.92 Å². The minimum Gasteiger partial charge on any atom is -0.463 e. The summed E-state index contributed by atoms with van der Waals surface area (Å²) in [5.74, 6) is -1.11. The number of hydrogen-bond donors (Lipinski definition) is 0. The summed E-state index contributed by atoms with van der Waals surface area (Å²) in [6.45, 7) is 2.01. The van der Waals surface area contributed by atoms with E-state index in [0.717, 1.165) is 0 Å². The number of carbonyl (C=O) groups is 2. The molecule has 0 saturated heterocycles. The number of hydrogen-bond acceptors (Lipinski definition) is 3. The molecule has 0 saturated carbocycles. The summed E-state index contributed by atoms with van der Waals surface area (Å²) in [5, 5.41) is 0. The topological polar surface area (TPSA) is 43.4 Å². The Balaban J connectivity index is 2.54. The smallest absolute Gasteiger partial charge is 0.330 e. The second kappa shape index (κ2) is 7.17. The number of carbonyl (C=O) groups excluding carboxylic acids is 2. The van der Waals surface area contributed by atoms with Crippen LogP contribution in [0.2, 0.25) is 0 Å². The van der Waals surface area contributed by atoms with Gasteiger partial charge in [-0.1, -0.05) is 12.2 Å². The first-order valence-electron chi connectivity index (χ1n) is 5.45. The van der Waals surface area contributed by atoms with Gasteiger partial charge < -0.3 is 4.74 Å². The molecule has 1 aromatic carbocycles. The first kappa shape index (κ1) is 13.8. The van der Waals surface area contributed by atoms with Crippen LogP contribution >= 0.6 is 0 Å². The van der Waals surface area contributed by atoms with Gasteiger partial charge in [0.2, 0.25) is 0 Å². The Morgan fingerprint density at radius 1 is 1.17 bits per heavy atom. The summed E-state index contributed by atoms with van der Waals surface area (Å²) < 4.78 is 17.3. The van der Waals surface area contributed by atoms with Gasteiger partial charge in [-0.05, 0) is 37.3 Å². The Kier molecular flexibility index (Phi) is 5.51. The van der Waals surface area contributed by atoms with Crippen molar-refractivity contribution in [1.29, 1.82) is 0 Å². The van der Waals surface area contributed by atoms with Crippen LogP contribution in [0.4, 0.5) is 4.39 Å². The number of benzene rings is 1. The van der Waals surface area contributed by atoms with E-state index < -0.39 is 11.8 Å². The van der Waals surface area contributed by atoms with Crippen LogP contribution in [0.1, 0.15) is 17.3 Å². The fraction of sp³-hybridized carbons (Fsp3) is 0.143. The molecule has 0 atom stereocenters. The highest BCUT2D eigenvalue weighted by Crippen LogP contribution is 2.04. The fourth-order valence-corrected chi connectivity index (χ4v) is 1.18. The molecule has 0 amide bonds. The molecule has 0 aliphatic rings. The lowest BCUT2D eigenvalue weighted by atomic mass is 10.1. The van der Waals surface area contributed by atoms with Gasteiger partial charge >= 0.3 is 5.97 Å². The minimum absolute atomic E-state index is 0.261. The Labute approximate surface area is 105 Å². The highest BCUT2D eigenvalue weighted by molar-refractivity contribution is 6.04. The molecule has 0 aromatic heterocycles.